The zero-order valence-corrected chi connectivity index (χ0v) is 14.7. The predicted molar refractivity (Wildman–Crippen MR) is 96.5 cm³/mol. The Morgan fingerprint density at radius 3 is 2.60 bits per heavy atom. The van der Waals surface area contributed by atoms with E-state index in [4.69, 9.17) is 4.42 Å². The van der Waals surface area contributed by atoms with E-state index in [2.05, 4.69) is 41.5 Å². The number of carbonyl (C=O) groups excluding carboxylic acids is 1. The fourth-order valence-corrected chi connectivity index (χ4v) is 2.63. The van der Waals surface area contributed by atoms with Gasteiger partial charge in [0.25, 0.3) is 0 Å². The highest BCUT2D eigenvalue weighted by molar-refractivity contribution is 5.90. The Bertz CT molecular complexity index is 899. The molecule has 0 unspecified atom stereocenters. The first-order valence-electron chi connectivity index (χ1n) is 8.23. The van der Waals surface area contributed by atoms with Crippen molar-refractivity contribution in [3.8, 4) is 0 Å². The molecule has 1 N–H and O–H groups in total. The molecule has 0 aliphatic carbocycles. The van der Waals surface area contributed by atoms with E-state index in [1.54, 1.807) is 0 Å². The van der Waals surface area contributed by atoms with Crippen molar-refractivity contribution in [2.24, 2.45) is 0 Å². The average molecular weight is 335 g/mol. The summed E-state index contributed by atoms with van der Waals surface area (Å²) < 4.78 is 5.54. The van der Waals surface area contributed by atoms with E-state index in [9.17, 15) is 4.79 Å². The highest BCUT2D eigenvalue weighted by Gasteiger charge is 2.11. The molecule has 0 saturated heterocycles. The molecule has 25 heavy (non-hydrogen) atoms. The van der Waals surface area contributed by atoms with Gasteiger partial charge in [-0.3, -0.25) is 10.1 Å². The van der Waals surface area contributed by atoms with E-state index in [0.717, 1.165) is 16.7 Å². The van der Waals surface area contributed by atoms with Crippen LogP contribution in [0.1, 0.15) is 33.7 Å². The third-order valence-corrected chi connectivity index (χ3v) is 4.09. The average Bonchev–Trinajstić information content (AvgIpc) is 2.98. The summed E-state index contributed by atoms with van der Waals surface area (Å²) in [5.74, 6) is 0.307. The van der Waals surface area contributed by atoms with Crippen LogP contribution in [0.15, 0.2) is 46.9 Å². The smallest absolute Gasteiger partial charge is 0.322 e. The number of hydrogen-bond acceptors (Lipinski definition) is 4. The zero-order chi connectivity index (χ0) is 17.8. The summed E-state index contributed by atoms with van der Waals surface area (Å²) >= 11 is 0. The number of nitrogens with one attached hydrogen (secondary N) is 1. The van der Waals surface area contributed by atoms with Gasteiger partial charge in [-0.25, -0.2) is 0 Å². The first kappa shape index (κ1) is 16.9. The summed E-state index contributed by atoms with van der Waals surface area (Å²) in [7, 11) is 0. The predicted octanol–water partition coefficient (Wildman–Crippen LogP) is 3.77. The minimum atomic E-state index is -0.174. The summed E-state index contributed by atoms with van der Waals surface area (Å²) in [6, 6.07) is 14.2. The van der Waals surface area contributed by atoms with Gasteiger partial charge in [0, 0.05) is 0 Å². The summed E-state index contributed by atoms with van der Waals surface area (Å²) in [6.07, 6.45) is 0.818. The molecule has 3 aromatic rings. The molecule has 0 fully saturated rings. The second kappa shape index (κ2) is 7.30. The number of rotatable bonds is 5. The van der Waals surface area contributed by atoms with E-state index in [-0.39, 0.29) is 18.3 Å². The van der Waals surface area contributed by atoms with Gasteiger partial charge in [0.1, 0.15) is 0 Å². The number of aryl methyl sites for hydroxylation is 3. The highest BCUT2D eigenvalue weighted by atomic mass is 16.4. The maximum atomic E-state index is 12.1. The quantitative estimate of drug-likeness (QED) is 0.771. The molecular weight excluding hydrogens is 314 g/mol. The first-order valence-corrected chi connectivity index (χ1v) is 8.23. The largest absolute Gasteiger partial charge is 0.407 e. The third kappa shape index (κ3) is 4.53. The van der Waals surface area contributed by atoms with E-state index in [1.165, 1.54) is 11.1 Å². The maximum absolute atomic E-state index is 12.1. The van der Waals surface area contributed by atoms with Crippen molar-refractivity contribution in [3.05, 3.63) is 76.2 Å². The molecule has 0 bridgehead atoms. The van der Waals surface area contributed by atoms with E-state index in [0.29, 0.717) is 12.3 Å². The summed E-state index contributed by atoms with van der Waals surface area (Å²) in [5.41, 5.74) is 5.65. The minimum absolute atomic E-state index is 0.136. The fraction of sp³-hybridized carbons (Fsp3) is 0.250. The lowest BCUT2D eigenvalue weighted by Gasteiger charge is -2.03. The van der Waals surface area contributed by atoms with Gasteiger partial charge in [-0.2, -0.15) is 0 Å². The Balaban J connectivity index is 1.61. The number of carbonyl (C=O) groups is 1. The Labute approximate surface area is 147 Å². The Kier molecular flexibility index (Phi) is 4.93. The number of nitrogens with zero attached hydrogens (tertiary/aromatic N) is 2. The Hall–Kier alpha value is -2.95. The van der Waals surface area contributed by atoms with E-state index < -0.39 is 0 Å². The Morgan fingerprint density at radius 2 is 1.84 bits per heavy atom. The SMILES string of the molecule is Cc1cccc(CC(=O)Nc2nnc(Cc3ccc(C)c(C)c3)o2)c1. The first-order chi connectivity index (χ1) is 12.0. The molecule has 2 aromatic carbocycles. The van der Waals surface area contributed by atoms with Crippen LogP contribution >= 0.6 is 0 Å². The van der Waals surface area contributed by atoms with Gasteiger partial charge in [-0.05, 0) is 43.0 Å². The van der Waals surface area contributed by atoms with Crippen LogP contribution < -0.4 is 5.32 Å². The van der Waals surface area contributed by atoms with Crippen LogP contribution in [0.5, 0.6) is 0 Å². The molecule has 0 spiro atoms. The molecule has 0 aliphatic heterocycles. The lowest BCUT2D eigenvalue weighted by Crippen LogP contribution is -2.14. The molecular formula is C20H21N3O2. The van der Waals surface area contributed by atoms with Crippen LogP contribution in [0.3, 0.4) is 0 Å². The molecule has 5 heteroatoms. The van der Waals surface area contributed by atoms with Crippen LogP contribution in [-0.4, -0.2) is 16.1 Å². The lowest BCUT2D eigenvalue weighted by atomic mass is 10.0. The van der Waals surface area contributed by atoms with Gasteiger partial charge in [-0.1, -0.05) is 53.1 Å². The molecule has 0 radical (unpaired) electrons. The molecule has 5 nitrogen and oxygen atoms in total. The molecule has 1 amide bonds. The summed E-state index contributed by atoms with van der Waals surface area (Å²) in [5, 5.41) is 10.6. The molecule has 3 rings (SSSR count). The van der Waals surface area contributed by atoms with Gasteiger partial charge < -0.3 is 4.42 Å². The van der Waals surface area contributed by atoms with E-state index in [1.807, 2.05) is 37.3 Å². The van der Waals surface area contributed by atoms with Crippen molar-refractivity contribution in [2.75, 3.05) is 5.32 Å². The topological polar surface area (TPSA) is 68.0 Å². The normalized spacial score (nSPS) is 10.7. The van der Waals surface area contributed by atoms with Crippen LogP contribution in [0.4, 0.5) is 6.01 Å². The van der Waals surface area contributed by atoms with Gasteiger partial charge >= 0.3 is 6.01 Å². The standard InChI is InChI=1S/C20H21N3O2/c1-13-5-4-6-16(9-13)11-18(24)21-20-23-22-19(25-20)12-17-8-7-14(2)15(3)10-17/h4-10H,11-12H2,1-3H3,(H,21,23,24). The van der Waals surface area contributed by atoms with Crippen molar-refractivity contribution in [3.63, 3.8) is 0 Å². The minimum Gasteiger partial charge on any atom is -0.407 e. The molecule has 0 saturated carbocycles. The summed E-state index contributed by atoms with van der Waals surface area (Å²) in [4.78, 5) is 12.1. The number of hydrogen-bond donors (Lipinski definition) is 1. The summed E-state index contributed by atoms with van der Waals surface area (Å²) in [6.45, 7) is 6.15. The molecule has 0 aliphatic rings. The second-order valence-electron chi connectivity index (χ2n) is 6.31. The van der Waals surface area contributed by atoms with Crippen LogP contribution in [0, 0.1) is 20.8 Å². The van der Waals surface area contributed by atoms with Gasteiger partial charge in [0.05, 0.1) is 12.8 Å². The van der Waals surface area contributed by atoms with Gasteiger partial charge in [0.2, 0.25) is 11.8 Å². The van der Waals surface area contributed by atoms with Crippen molar-refractivity contribution < 1.29 is 9.21 Å². The molecule has 1 heterocycles. The van der Waals surface area contributed by atoms with Crippen molar-refractivity contribution in [2.45, 2.75) is 33.6 Å². The monoisotopic (exact) mass is 335 g/mol. The van der Waals surface area contributed by atoms with Crippen molar-refractivity contribution in [1.82, 2.24) is 10.2 Å². The molecule has 128 valence electrons. The lowest BCUT2D eigenvalue weighted by molar-refractivity contribution is -0.115. The zero-order valence-electron chi connectivity index (χ0n) is 14.7. The highest BCUT2D eigenvalue weighted by Crippen LogP contribution is 2.15. The van der Waals surface area contributed by atoms with E-state index >= 15 is 0 Å². The van der Waals surface area contributed by atoms with Crippen LogP contribution in [0.2, 0.25) is 0 Å². The fourth-order valence-electron chi connectivity index (χ4n) is 2.63. The van der Waals surface area contributed by atoms with Gasteiger partial charge in [-0.15, -0.1) is 5.10 Å². The number of amides is 1. The Morgan fingerprint density at radius 1 is 1.00 bits per heavy atom. The van der Waals surface area contributed by atoms with Crippen molar-refractivity contribution in [1.29, 1.82) is 0 Å². The number of aromatic nitrogens is 2. The van der Waals surface area contributed by atoms with Gasteiger partial charge in [0.15, 0.2) is 0 Å². The van der Waals surface area contributed by atoms with Crippen LogP contribution in [-0.2, 0) is 17.6 Å². The molecule has 0 atom stereocenters. The van der Waals surface area contributed by atoms with Crippen molar-refractivity contribution >= 4 is 11.9 Å². The maximum Gasteiger partial charge on any atom is 0.322 e. The third-order valence-electron chi connectivity index (χ3n) is 4.09. The van der Waals surface area contributed by atoms with Crippen LogP contribution in [0.25, 0.3) is 0 Å². The number of benzene rings is 2. The number of anilines is 1. The molecule has 1 aromatic heterocycles. The second-order valence-corrected chi connectivity index (χ2v) is 6.31.